The van der Waals surface area contributed by atoms with Crippen molar-refractivity contribution in [2.45, 2.75) is 25.9 Å². The highest BCUT2D eigenvalue weighted by Gasteiger charge is 2.38. The summed E-state index contributed by atoms with van der Waals surface area (Å²) in [5, 5.41) is 17.1. The lowest BCUT2D eigenvalue weighted by Gasteiger charge is -2.31. The molecule has 4 heterocycles. The number of halogens is 3. The van der Waals surface area contributed by atoms with E-state index < -0.39 is 12.0 Å². The molecule has 4 rings (SSSR count). The normalized spacial score (nSPS) is 15.9. The Bertz CT molecular complexity index is 1010. The van der Waals surface area contributed by atoms with Crippen LogP contribution < -0.4 is 10.2 Å². The summed E-state index contributed by atoms with van der Waals surface area (Å²) in [6, 6.07) is 4.67. The number of fused-ring (bicyclic) bond motifs is 1. The van der Waals surface area contributed by atoms with Gasteiger partial charge in [0, 0.05) is 25.1 Å². The fourth-order valence-electron chi connectivity index (χ4n) is 3.15. The molecule has 0 aliphatic carbocycles. The van der Waals surface area contributed by atoms with Gasteiger partial charge >= 0.3 is 6.18 Å². The van der Waals surface area contributed by atoms with Gasteiger partial charge in [0.2, 0.25) is 5.91 Å². The maximum Gasteiger partial charge on any atom is 0.453 e. The van der Waals surface area contributed by atoms with Crippen LogP contribution in [0.1, 0.15) is 24.4 Å². The summed E-state index contributed by atoms with van der Waals surface area (Å²) in [6.45, 7) is 2.70. The lowest BCUT2D eigenvalue weighted by Crippen LogP contribution is -2.38. The Kier molecular flexibility index (Phi) is 4.40. The molecule has 1 aliphatic heterocycles. The average molecular weight is 395 g/mol. The number of rotatable bonds is 3. The Balaban J connectivity index is 1.44. The van der Waals surface area contributed by atoms with E-state index in [1.807, 2.05) is 4.90 Å². The van der Waals surface area contributed by atoms with Crippen molar-refractivity contribution in [1.29, 1.82) is 0 Å². The maximum absolute atomic E-state index is 13.0. The predicted molar refractivity (Wildman–Crippen MR) is 90.6 cm³/mol. The molecule has 0 saturated carbocycles. The second-order valence-corrected chi connectivity index (χ2v) is 6.56. The minimum Gasteiger partial charge on any atom is -0.360 e. The number of nitrogens with zero attached hydrogens (tertiary/aromatic N) is 6. The van der Waals surface area contributed by atoms with Crippen molar-refractivity contribution in [2.75, 3.05) is 23.3 Å². The van der Waals surface area contributed by atoms with Gasteiger partial charge in [-0.2, -0.15) is 17.7 Å². The Hall–Kier alpha value is -3.18. The fraction of sp³-hybridized carbons (Fsp3) is 0.438. The first-order valence-electron chi connectivity index (χ1n) is 8.60. The monoisotopic (exact) mass is 395 g/mol. The number of aromatic nitrogens is 5. The van der Waals surface area contributed by atoms with E-state index >= 15 is 0 Å². The fourth-order valence-corrected chi connectivity index (χ4v) is 3.15. The first-order valence-corrected chi connectivity index (χ1v) is 8.60. The zero-order chi connectivity index (χ0) is 19.9. The van der Waals surface area contributed by atoms with Crippen LogP contribution in [0.4, 0.5) is 24.8 Å². The van der Waals surface area contributed by atoms with Crippen molar-refractivity contribution >= 4 is 23.2 Å². The number of carbonyl (C=O) groups excluding carboxylic acids is 1. The van der Waals surface area contributed by atoms with Crippen LogP contribution in [0, 0.1) is 12.8 Å². The Morgan fingerprint density at radius 2 is 2.00 bits per heavy atom. The first-order chi connectivity index (χ1) is 13.3. The van der Waals surface area contributed by atoms with E-state index in [4.69, 9.17) is 4.52 Å². The molecular weight excluding hydrogens is 379 g/mol. The van der Waals surface area contributed by atoms with Gasteiger partial charge in [0.1, 0.15) is 11.6 Å². The number of piperidine rings is 1. The number of amides is 1. The molecule has 1 aliphatic rings. The Morgan fingerprint density at radius 1 is 1.25 bits per heavy atom. The van der Waals surface area contributed by atoms with Crippen LogP contribution in [0.15, 0.2) is 22.7 Å². The summed E-state index contributed by atoms with van der Waals surface area (Å²) in [7, 11) is 0. The standard InChI is InChI=1S/C16H16F3N7O2/c1-9-8-11(24-28-9)20-14(27)10-4-6-25(7-5-10)13-3-2-12-21-22-15(16(17,18)19)26(12)23-13/h2-3,8,10H,4-7H2,1H3,(H,20,24,27). The number of hydrogen-bond donors (Lipinski definition) is 1. The van der Waals surface area contributed by atoms with Crippen LogP contribution in [0.25, 0.3) is 5.65 Å². The molecule has 1 fully saturated rings. The van der Waals surface area contributed by atoms with Crippen molar-refractivity contribution < 1.29 is 22.5 Å². The molecule has 0 atom stereocenters. The summed E-state index contributed by atoms with van der Waals surface area (Å²) in [5.41, 5.74) is 0.0215. The number of carbonyl (C=O) groups is 1. The number of anilines is 2. The smallest absolute Gasteiger partial charge is 0.360 e. The second kappa shape index (κ2) is 6.77. The first kappa shape index (κ1) is 18.2. The van der Waals surface area contributed by atoms with E-state index in [0.29, 0.717) is 47.8 Å². The highest BCUT2D eigenvalue weighted by molar-refractivity contribution is 5.91. The molecule has 3 aromatic heterocycles. The number of aryl methyl sites for hydroxylation is 1. The van der Waals surface area contributed by atoms with Crippen LogP contribution >= 0.6 is 0 Å². The van der Waals surface area contributed by atoms with E-state index in [-0.39, 0.29) is 17.5 Å². The molecule has 0 bridgehead atoms. The molecular formula is C16H16F3N7O2. The van der Waals surface area contributed by atoms with Crippen molar-refractivity contribution in [2.24, 2.45) is 5.92 Å². The van der Waals surface area contributed by atoms with Crippen LogP contribution in [0.2, 0.25) is 0 Å². The molecule has 148 valence electrons. The third kappa shape index (κ3) is 3.49. The second-order valence-electron chi connectivity index (χ2n) is 6.56. The van der Waals surface area contributed by atoms with Gasteiger partial charge in [-0.05, 0) is 31.9 Å². The van der Waals surface area contributed by atoms with Gasteiger partial charge < -0.3 is 14.7 Å². The third-order valence-electron chi connectivity index (χ3n) is 4.57. The Labute approximate surface area is 156 Å². The number of hydrogen-bond acceptors (Lipinski definition) is 7. The van der Waals surface area contributed by atoms with Gasteiger partial charge in [-0.25, -0.2) is 0 Å². The SMILES string of the molecule is Cc1cc(NC(=O)C2CCN(c3ccc4nnc(C(F)(F)F)n4n3)CC2)no1. The molecule has 1 amide bonds. The zero-order valence-electron chi connectivity index (χ0n) is 14.8. The van der Waals surface area contributed by atoms with Crippen LogP contribution in [-0.4, -0.2) is 44.0 Å². The molecule has 28 heavy (non-hydrogen) atoms. The van der Waals surface area contributed by atoms with Gasteiger partial charge in [-0.15, -0.1) is 15.3 Å². The van der Waals surface area contributed by atoms with E-state index in [1.165, 1.54) is 6.07 Å². The molecule has 9 nitrogen and oxygen atoms in total. The average Bonchev–Trinajstić information content (AvgIpc) is 3.27. The van der Waals surface area contributed by atoms with E-state index in [1.54, 1.807) is 19.1 Å². The highest BCUT2D eigenvalue weighted by atomic mass is 19.4. The van der Waals surface area contributed by atoms with Gasteiger partial charge in [0.15, 0.2) is 11.5 Å². The molecule has 0 spiro atoms. The van der Waals surface area contributed by atoms with Gasteiger partial charge in [0.05, 0.1) is 0 Å². The number of alkyl halides is 3. The Morgan fingerprint density at radius 3 is 2.64 bits per heavy atom. The van der Waals surface area contributed by atoms with E-state index in [2.05, 4.69) is 25.8 Å². The van der Waals surface area contributed by atoms with Crippen LogP contribution in [-0.2, 0) is 11.0 Å². The topological polar surface area (TPSA) is 101 Å². The van der Waals surface area contributed by atoms with Gasteiger partial charge in [-0.1, -0.05) is 5.16 Å². The lowest BCUT2D eigenvalue weighted by molar-refractivity contribution is -0.146. The van der Waals surface area contributed by atoms with Crippen molar-refractivity contribution in [1.82, 2.24) is 25.0 Å². The molecule has 1 N–H and O–H groups in total. The minimum atomic E-state index is -4.64. The van der Waals surface area contributed by atoms with Gasteiger partial charge in [0.25, 0.3) is 5.82 Å². The summed E-state index contributed by atoms with van der Waals surface area (Å²) in [4.78, 5) is 14.2. The van der Waals surface area contributed by atoms with Crippen molar-refractivity contribution in [3.8, 4) is 0 Å². The third-order valence-corrected chi connectivity index (χ3v) is 4.57. The summed E-state index contributed by atoms with van der Waals surface area (Å²) >= 11 is 0. The summed E-state index contributed by atoms with van der Waals surface area (Å²) in [6.07, 6.45) is -3.57. The molecule has 0 aromatic carbocycles. The lowest BCUT2D eigenvalue weighted by atomic mass is 9.96. The van der Waals surface area contributed by atoms with Crippen LogP contribution in [0.5, 0.6) is 0 Å². The van der Waals surface area contributed by atoms with E-state index in [0.717, 1.165) is 0 Å². The zero-order valence-corrected chi connectivity index (χ0v) is 14.8. The molecule has 0 radical (unpaired) electrons. The quantitative estimate of drug-likeness (QED) is 0.726. The highest BCUT2D eigenvalue weighted by Crippen LogP contribution is 2.29. The maximum atomic E-state index is 13.0. The van der Waals surface area contributed by atoms with Gasteiger partial charge in [-0.3, -0.25) is 4.79 Å². The molecule has 1 saturated heterocycles. The van der Waals surface area contributed by atoms with Crippen LogP contribution in [0.3, 0.4) is 0 Å². The largest absolute Gasteiger partial charge is 0.453 e. The van der Waals surface area contributed by atoms with Crippen molar-refractivity contribution in [3.05, 3.63) is 29.8 Å². The minimum absolute atomic E-state index is 0.0215. The molecule has 0 unspecified atom stereocenters. The predicted octanol–water partition coefficient (Wildman–Crippen LogP) is 2.29. The summed E-state index contributed by atoms with van der Waals surface area (Å²) < 4.78 is 44.6. The van der Waals surface area contributed by atoms with E-state index in [9.17, 15) is 18.0 Å². The number of nitrogens with one attached hydrogen (secondary N) is 1. The van der Waals surface area contributed by atoms with Crippen molar-refractivity contribution in [3.63, 3.8) is 0 Å². The summed E-state index contributed by atoms with van der Waals surface area (Å²) in [5.74, 6) is -0.208. The molecule has 3 aromatic rings. The molecule has 12 heteroatoms.